The van der Waals surface area contributed by atoms with E-state index < -0.39 is 0 Å². The number of benzene rings is 3. The summed E-state index contributed by atoms with van der Waals surface area (Å²) in [6, 6.07) is 22.8. The van der Waals surface area contributed by atoms with Crippen LogP contribution in [0.1, 0.15) is 63.8 Å². The number of unbranched alkanes of at least 4 members (excludes halogenated alkanes) is 2. The average molecular weight is 588 g/mol. The molecule has 2 heterocycles. The summed E-state index contributed by atoms with van der Waals surface area (Å²) in [6.45, 7) is 3.16. The highest BCUT2D eigenvalue weighted by molar-refractivity contribution is 7.11. The SMILES string of the molecule is CCc1ccccc1C=O.CNC.CNCCCCCC1NC=C(c2ccc3ccccc3c2)N1.O=Cc1cncs1. The number of nitrogens with one attached hydrogen (secondary N) is 4. The Hall–Kier alpha value is -3.85. The minimum atomic E-state index is 0.371. The number of carbonyl (C=O) groups is 2. The topological polar surface area (TPSA) is 95.1 Å². The summed E-state index contributed by atoms with van der Waals surface area (Å²) in [7, 11) is 5.76. The van der Waals surface area contributed by atoms with Crippen molar-refractivity contribution in [2.24, 2.45) is 0 Å². The second-order valence-electron chi connectivity index (χ2n) is 9.63. The van der Waals surface area contributed by atoms with Gasteiger partial charge in [-0.1, -0.05) is 74.0 Å². The lowest BCUT2D eigenvalue weighted by molar-refractivity contribution is 0.111. The molecular weight excluding hydrogens is 542 g/mol. The molecule has 1 aromatic heterocycles. The Kier molecular flexibility index (Phi) is 17.1. The van der Waals surface area contributed by atoms with Crippen LogP contribution in [0.25, 0.3) is 16.5 Å². The molecule has 1 unspecified atom stereocenters. The van der Waals surface area contributed by atoms with Crippen molar-refractivity contribution in [2.75, 3.05) is 27.7 Å². The molecule has 0 saturated carbocycles. The van der Waals surface area contributed by atoms with Crippen molar-refractivity contribution < 1.29 is 9.59 Å². The third kappa shape index (κ3) is 12.3. The number of rotatable bonds is 10. The molecule has 0 fully saturated rings. The molecule has 0 radical (unpaired) electrons. The normalized spacial score (nSPS) is 13.0. The molecule has 0 amide bonds. The van der Waals surface area contributed by atoms with Crippen LogP contribution in [0.3, 0.4) is 0 Å². The smallest absolute Gasteiger partial charge is 0.161 e. The first-order valence-corrected chi connectivity index (χ1v) is 15.3. The Labute approximate surface area is 254 Å². The minimum Gasteiger partial charge on any atom is -0.370 e. The first kappa shape index (κ1) is 34.4. The quantitative estimate of drug-likeness (QED) is 0.128. The molecule has 224 valence electrons. The fourth-order valence-corrected chi connectivity index (χ4v) is 4.64. The number of aldehydes is 2. The molecule has 1 aliphatic heterocycles. The highest BCUT2D eigenvalue weighted by atomic mass is 32.1. The van der Waals surface area contributed by atoms with Crippen molar-refractivity contribution in [1.82, 2.24) is 26.3 Å². The minimum absolute atomic E-state index is 0.371. The maximum absolute atomic E-state index is 10.4. The van der Waals surface area contributed by atoms with Crippen molar-refractivity contribution in [3.05, 3.63) is 106 Å². The molecule has 8 heteroatoms. The van der Waals surface area contributed by atoms with Gasteiger partial charge >= 0.3 is 0 Å². The van der Waals surface area contributed by atoms with Gasteiger partial charge in [0.2, 0.25) is 0 Å². The van der Waals surface area contributed by atoms with Gasteiger partial charge in [-0.05, 0) is 81.3 Å². The Morgan fingerprint density at radius 3 is 2.26 bits per heavy atom. The number of hydrogen-bond acceptors (Lipinski definition) is 8. The summed E-state index contributed by atoms with van der Waals surface area (Å²) < 4.78 is 0. The summed E-state index contributed by atoms with van der Waals surface area (Å²) in [5.74, 6) is 0. The van der Waals surface area contributed by atoms with Crippen LogP contribution in [0.4, 0.5) is 0 Å². The summed E-state index contributed by atoms with van der Waals surface area (Å²) >= 11 is 1.34. The van der Waals surface area contributed by atoms with E-state index >= 15 is 0 Å². The third-order valence-corrected chi connectivity index (χ3v) is 7.07. The van der Waals surface area contributed by atoms with E-state index in [1.165, 1.54) is 58.8 Å². The number of nitrogens with zero attached hydrogens (tertiary/aromatic N) is 1. The number of hydrogen-bond donors (Lipinski definition) is 4. The van der Waals surface area contributed by atoms with Crippen molar-refractivity contribution in [2.45, 2.75) is 45.2 Å². The summed E-state index contributed by atoms with van der Waals surface area (Å²) in [5.41, 5.74) is 6.02. The maximum atomic E-state index is 10.4. The molecule has 5 rings (SSSR count). The number of thiazole rings is 1. The maximum Gasteiger partial charge on any atom is 0.161 e. The van der Waals surface area contributed by atoms with Gasteiger partial charge in [-0.2, -0.15) is 0 Å². The van der Waals surface area contributed by atoms with Gasteiger partial charge in [0, 0.05) is 18.0 Å². The van der Waals surface area contributed by atoms with Gasteiger partial charge in [-0.3, -0.25) is 14.6 Å². The van der Waals surface area contributed by atoms with Crippen molar-refractivity contribution in [3.63, 3.8) is 0 Å². The molecule has 1 aliphatic rings. The molecular formula is C34H45N5O2S. The number of fused-ring (bicyclic) bond motifs is 1. The van der Waals surface area contributed by atoms with E-state index in [2.05, 4.69) is 74.9 Å². The van der Waals surface area contributed by atoms with Gasteiger partial charge in [-0.15, -0.1) is 11.3 Å². The predicted molar refractivity (Wildman–Crippen MR) is 178 cm³/mol. The fraction of sp³-hybridized carbons (Fsp3) is 0.324. The molecule has 7 nitrogen and oxygen atoms in total. The van der Waals surface area contributed by atoms with Crippen LogP contribution >= 0.6 is 11.3 Å². The van der Waals surface area contributed by atoms with E-state index in [0.717, 1.165) is 43.1 Å². The monoisotopic (exact) mass is 587 g/mol. The highest BCUT2D eigenvalue weighted by Crippen LogP contribution is 2.22. The molecule has 0 bridgehead atoms. The molecule has 0 saturated heterocycles. The lowest BCUT2D eigenvalue weighted by Crippen LogP contribution is -2.31. The predicted octanol–water partition coefficient (Wildman–Crippen LogP) is 6.29. The van der Waals surface area contributed by atoms with E-state index in [1.54, 1.807) is 5.51 Å². The van der Waals surface area contributed by atoms with Gasteiger partial charge in [-0.25, -0.2) is 0 Å². The van der Waals surface area contributed by atoms with Crippen LogP contribution in [0.5, 0.6) is 0 Å². The molecule has 0 spiro atoms. The van der Waals surface area contributed by atoms with Gasteiger partial charge < -0.3 is 21.3 Å². The Bertz CT molecular complexity index is 1340. The number of aromatic nitrogens is 1. The van der Waals surface area contributed by atoms with Crippen molar-refractivity contribution in [1.29, 1.82) is 0 Å². The first-order valence-electron chi connectivity index (χ1n) is 14.4. The van der Waals surface area contributed by atoms with E-state index in [9.17, 15) is 9.59 Å². The van der Waals surface area contributed by atoms with Gasteiger partial charge in [0.25, 0.3) is 0 Å². The molecule has 42 heavy (non-hydrogen) atoms. The zero-order valence-electron chi connectivity index (χ0n) is 25.2. The Morgan fingerprint density at radius 1 is 0.905 bits per heavy atom. The lowest BCUT2D eigenvalue weighted by Gasteiger charge is -2.14. The summed E-state index contributed by atoms with van der Waals surface area (Å²) in [4.78, 5) is 24.6. The van der Waals surface area contributed by atoms with Gasteiger partial charge in [0.1, 0.15) is 6.29 Å². The molecule has 0 aliphatic carbocycles. The van der Waals surface area contributed by atoms with Crippen LogP contribution in [0, 0.1) is 0 Å². The Balaban J connectivity index is 0.000000253. The average Bonchev–Trinajstić information content (AvgIpc) is 3.75. The van der Waals surface area contributed by atoms with Gasteiger partial charge in [0.15, 0.2) is 6.29 Å². The molecule has 3 aromatic carbocycles. The van der Waals surface area contributed by atoms with E-state index in [0.29, 0.717) is 11.0 Å². The Morgan fingerprint density at radius 2 is 1.64 bits per heavy atom. The van der Waals surface area contributed by atoms with Crippen LogP contribution in [-0.2, 0) is 6.42 Å². The summed E-state index contributed by atoms with van der Waals surface area (Å²) in [6.07, 6.45) is 11.6. The molecule has 1 atom stereocenters. The first-order chi connectivity index (χ1) is 20.6. The third-order valence-electron chi connectivity index (χ3n) is 6.37. The second-order valence-corrected chi connectivity index (χ2v) is 10.5. The van der Waals surface area contributed by atoms with Crippen molar-refractivity contribution in [3.8, 4) is 0 Å². The summed E-state index contributed by atoms with van der Waals surface area (Å²) in [5, 5.41) is 15.6. The zero-order chi connectivity index (χ0) is 30.4. The van der Waals surface area contributed by atoms with Crippen LogP contribution in [0.15, 0.2) is 84.6 Å². The number of aryl methyl sites for hydroxylation is 1. The highest BCUT2D eigenvalue weighted by Gasteiger charge is 2.15. The van der Waals surface area contributed by atoms with E-state index in [1.807, 2.05) is 52.3 Å². The zero-order valence-corrected chi connectivity index (χ0v) is 26.0. The van der Waals surface area contributed by atoms with E-state index in [-0.39, 0.29) is 0 Å². The molecule has 4 N–H and O–H groups in total. The van der Waals surface area contributed by atoms with Crippen LogP contribution < -0.4 is 21.3 Å². The van der Waals surface area contributed by atoms with Crippen LogP contribution in [0.2, 0.25) is 0 Å². The van der Waals surface area contributed by atoms with Crippen LogP contribution in [-0.4, -0.2) is 51.4 Å². The largest absolute Gasteiger partial charge is 0.370 e. The number of carbonyl (C=O) groups excluding carboxylic acids is 2. The molecule has 4 aromatic rings. The fourth-order valence-electron chi connectivity index (χ4n) is 4.22. The standard InChI is InChI=1S/C19H25N3.C9H10O.C4H3NOS.C2H7N/c1-20-12-6-2-3-9-19-21-14-18(22-19)17-11-10-15-7-4-5-8-16(15)13-17;1-2-8-5-3-4-6-9(8)7-10;6-2-4-1-5-3-7-4;1-3-2/h4-5,7-8,10-11,13-14,19-22H,2-3,6,9,12H2,1H3;3-7H,2H2,1H3;1-3H;3H,1-2H3. The lowest BCUT2D eigenvalue weighted by atomic mass is 10.1. The van der Waals surface area contributed by atoms with E-state index in [4.69, 9.17) is 0 Å². The second kappa shape index (κ2) is 20.9. The van der Waals surface area contributed by atoms with Crippen molar-refractivity contribution >= 4 is 40.4 Å². The van der Waals surface area contributed by atoms with Gasteiger partial charge in [0.05, 0.1) is 22.3 Å².